The van der Waals surface area contributed by atoms with E-state index in [1.807, 2.05) is 30.3 Å². The normalized spacial score (nSPS) is 15.6. The molecule has 1 amide bonds. The van der Waals surface area contributed by atoms with Gasteiger partial charge >= 0.3 is 0 Å². The Kier molecular flexibility index (Phi) is 4.08. The summed E-state index contributed by atoms with van der Waals surface area (Å²) in [4.78, 5) is 15.4. The topological polar surface area (TPSA) is 57.7 Å². The summed E-state index contributed by atoms with van der Waals surface area (Å²) in [5, 5.41) is 0. The maximum atomic E-state index is 12.7. The van der Waals surface area contributed by atoms with E-state index in [4.69, 9.17) is 0 Å². The molecule has 120 valence electrons. The Bertz CT molecular complexity index is 849. The van der Waals surface area contributed by atoms with Gasteiger partial charge in [-0.25, -0.2) is 12.7 Å². The summed E-state index contributed by atoms with van der Waals surface area (Å²) >= 11 is 1.32. The van der Waals surface area contributed by atoms with Crippen molar-refractivity contribution in [3.8, 4) is 0 Å². The molecule has 1 heterocycles. The van der Waals surface area contributed by atoms with E-state index in [-0.39, 0.29) is 16.3 Å². The molecule has 5 nitrogen and oxygen atoms in total. The van der Waals surface area contributed by atoms with Gasteiger partial charge in [-0.1, -0.05) is 24.3 Å². The average Bonchev–Trinajstić information content (AvgIpc) is 2.73. The van der Waals surface area contributed by atoms with Crippen LogP contribution in [0, 0.1) is 0 Å². The Morgan fingerprint density at radius 2 is 1.74 bits per heavy atom. The molecule has 1 aliphatic rings. The molecule has 0 unspecified atom stereocenters. The van der Waals surface area contributed by atoms with E-state index < -0.39 is 15.9 Å². The number of carbonyl (C=O) groups is 1. The molecule has 0 aromatic heterocycles. The zero-order chi connectivity index (χ0) is 16.6. The zero-order valence-corrected chi connectivity index (χ0v) is 14.4. The summed E-state index contributed by atoms with van der Waals surface area (Å²) in [5.74, 6) is -0.403. The summed E-state index contributed by atoms with van der Waals surface area (Å²) in [5.41, 5.74) is 0.870. The number of rotatable bonds is 4. The van der Waals surface area contributed by atoms with Gasteiger partial charge in [-0.2, -0.15) is 0 Å². The van der Waals surface area contributed by atoms with Gasteiger partial charge in [-0.05, 0) is 24.3 Å². The highest BCUT2D eigenvalue weighted by Crippen LogP contribution is 2.37. The molecule has 0 fully saturated rings. The Labute approximate surface area is 140 Å². The van der Waals surface area contributed by atoms with E-state index in [0.717, 1.165) is 9.20 Å². The number of hydrogen-bond acceptors (Lipinski definition) is 5. The third-order valence-corrected chi connectivity index (χ3v) is 6.51. The lowest BCUT2D eigenvalue weighted by Gasteiger charge is -2.16. The van der Waals surface area contributed by atoms with Gasteiger partial charge in [0, 0.05) is 19.0 Å². The monoisotopic (exact) mass is 348 g/mol. The van der Waals surface area contributed by atoms with Crippen molar-refractivity contribution in [3.05, 3.63) is 54.1 Å². The lowest BCUT2D eigenvalue weighted by molar-refractivity contribution is 0.0887. The van der Waals surface area contributed by atoms with Crippen molar-refractivity contribution in [2.24, 2.45) is 0 Å². The van der Waals surface area contributed by atoms with Crippen LogP contribution in [0.15, 0.2) is 58.3 Å². The number of hydrogen-bond donors (Lipinski definition) is 0. The van der Waals surface area contributed by atoms with Gasteiger partial charge in [0.15, 0.2) is 0 Å². The molecule has 23 heavy (non-hydrogen) atoms. The van der Waals surface area contributed by atoms with Crippen LogP contribution < -0.4 is 4.90 Å². The summed E-state index contributed by atoms with van der Waals surface area (Å²) in [6.45, 7) is 0. The SMILES string of the molecule is CN(C)c1cccc2c1C(=O)N(CSc1ccccc1)S2(=O)=O. The molecule has 7 heteroatoms. The van der Waals surface area contributed by atoms with Gasteiger partial charge in [-0.15, -0.1) is 11.8 Å². The van der Waals surface area contributed by atoms with Crippen molar-refractivity contribution in [2.45, 2.75) is 9.79 Å². The number of anilines is 1. The highest BCUT2D eigenvalue weighted by molar-refractivity contribution is 8.00. The van der Waals surface area contributed by atoms with Crippen LogP contribution in [0.3, 0.4) is 0 Å². The first kappa shape index (κ1) is 15.9. The third-order valence-electron chi connectivity index (χ3n) is 3.59. The van der Waals surface area contributed by atoms with E-state index in [2.05, 4.69) is 0 Å². The van der Waals surface area contributed by atoms with Crippen molar-refractivity contribution < 1.29 is 13.2 Å². The van der Waals surface area contributed by atoms with Crippen LogP contribution in [-0.2, 0) is 10.0 Å². The molecule has 0 saturated carbocycles. The second-order valence-electron chi connectivity index (χ2n) is 5.29. The first-order chi connectivity index (χ1) is 10.9. The molecule has 0 spiro atoms. The van der Waals surface area contributed by atoms with Gasteiger partial charge < -0.3 is 4.90 Å². The first-order valence-corrected chi connectivity index (χ1v) is 9.41. The summed E-state index contributed by atoms with van der Waals surface area (Å²) in [7, 11) is -0.208. The van der Waals surface area contributed by atoms with Crippen LogP contribution in [0.25, 0.3) is 0 Å². The predicted molar refractivity (Wildman–Crippen MR) is 91.3 cm³/mol. The first-order valence-electron chi connectivity index (χ1n) is 6.98. The van der Waals surface area contributed by atoms with Gasteiger partial charge in [0.05, 0.1) is 17.1 Å². The molecular weight excluding hydrogens is 332 g/mol. The van der Waals surface area contributed by atoms with Crippen LogP contribution in [0.5, 0.6) is 0 Å². The number of nitrogens with zero attached hydrogens (tertiary/aromatic N) is 2. The Morgan fingerprint density at radius 1 is 1.04 bits per heavy atom. The fourth-order valence-electron chi connectivity index (χ4n) is 2.45. The van der Waals surface area contributed by atoms with Gasteiger partial charge in [0.1, 0.15) is 4.90 Å². The van der Waals surface area contributed by atoms with Gasteiger partial charge in [0.25, 0.3) is 15.9 Å². The molecule has 0 saturated heterocycles. The molecule has 2 aromatic rings. The van der Waals surface area contributed by atoms with Gasteiger partial charge in [-0.3, -0.25) is 4.79 Å². The molecular formula is C16H16N2O3S2. The second kappa shape index (κ2) is 5.90. The maximum Gasteiger partial charge on any atom is 0.271 e. The minimum atomic E-state index is -3.79. The Hall–Kier alpha value is -1.99. The van der Waals surface area contributed by atoms with E-state index in [1.165, 1.54) is 17.8 Å². The van der Waals surface area contributed by atoms with Crippen LogP contribution in [0.2, 0.25) is 0 Å². The average molecular weight is 348 g/mol. The Balaban J connectivity index is 1.95. The number of benzene rings is 2. The second-order valence-corrected chi connectivity index (χ2v) is 8.14. The largest absolute Gasteiger partial charge is 0.377 e. The van der Waals surface area contributed by atoms with E-state index in [9.17, 15) is 13.2 Å². The number of amides is 1. The molecule has 0 atom stereocenters. The minimum Gasteiger partial charge on any atom is -0.377 e. The maximum absolute atomic E-state index is 12.7. The number of fused-ring (bicyclic) bond motifs is 1. The van der Waals surface area contributed by atoms with E-state index in [1.54, 1.807) is 31.1 Å². The highest BCUT2D eigenvalue weighted by Gasteiger charge is 2.42. The molecule has 0 aliphatic carbocycles. The molecule has 3 rings (SSSR count). The Morgan fingerprint density at radius 3 is 2.39 bits per heavy atom. The van der Waals surface area contributed by atoms with Gasteiger partial charge in [0.2, 0.25) is 0 Å². The summed E-state index contributed by atoms with van der Waals surface area (Å²) in [6, 6.07) is 14.3. The molecule has 0 bridgehead atoms. The molecule has 1 aliphatic heterocycles. The van der Waals surface area contributed by atoms with Crippen molar-refractivity contribution in [1.82, 2.24) is 4.31 Å². The highest BCUT2D eigenvalue weighted by atomic mass is 32.2. The molecule has 0 radical (unpaired) electrons. The van der Waals surface area contributed by atoms with Crippen molar-refractivity contribution in [1.29, 1.82) is 0 Å². The van der Waals surface area contributed by atoms with Crippen molar-refractivity contribution >= 4 is 33.4 Å². The standard InChI is InChI=1S/C16H16N2O3S2/c1-17(2)13-9-6-10-14-15(13)16(19)18(23(14,20)21)11-22-12-7-4-3-5-8-12/h3-10H,11H2,1-2H3. The minimum absolute atomic E-state index is 0.0622. The fraction of sp³-hybridized carbons (Fsp3) is 0.188. The number of carbonyl (C=O) groups excluding carboxylic acids is 1. The lowest BCUT2D eigenvalue weighted by atomic mass is 10.1. The van der Waals surface area contributed by atoms with Crippen molar-refractivity contribution in [2.75, 3.05) is 24.9 Å². The zero-order valence-electron chi connectivity index (χ0n) is 12.8. The van der Waals surface area contributed by atoms with Crippen molar-refractivity contribution in [3.63, 3.8) is 0 Å². The lowest BCUT2D eigenvalue weighted by Crippen LogP contribution is -2.29. The fourth-order valence-corrected chi connectivity index (χ4v) is 5.15. The number of sulfonamides is 1. The predicted octanol–water partition coefficient (Wildman–Crippen LogP) is 2.65. The quantitative estimate of drug-likeness (QED) is 0.795. The molecule has 2 aromatic carbocycles. The van der Waals surface area contributed by atoms with Crippen LogP contribution in [-0.4, -0.2) is 38.6 Å². The van der Waals surface area contributed by atoms with E-state index >= 15 is 0 Å². The van der Waals surface area contributed by atoms with Crippen LogP contribution >= 0.6 is 11.8 Å². The summed E-state index contributed by atoms with van der Waals surface area (Å²) in [6.07, 6.45) is 0. The number of thioether (sulfide) groups is 1. The van der Waals surface area contributed by atoms with Crippen LogP contribution in [0.1, 0.15) is 10.4 Å². The van der Waals surface area contributed by atoms with E-state index in [0.29, 0.717) is 5.69 Å². The smallest absolute Gasteiger partial charge is 0.271 e. The van der Waals surface area contributed by atoms with Crippen LogP contribution in [0.4, 0.5) is 5.69 Å². The third kappa shape index (κ3) is 2.70. The summed E-state index contributed by atoms with van der Waals surface area (Å²) < 4.78 is 26.3. The molecule has 0 N–H and O–H groups in total.